The van der Waals surface area contributed by atoms with Gasteiger partial charge in [0, 0.05) is 43.0 Å². The van der Waals surface area contributed by atoms with Crippen LogP contribution in [-0.4, -0.2) is 21.1 Å². The number of anilines is 1. The minimum atomic E-state index is 0.419. The number of rotatable bonds is 5. The van der Waals surface area contributed by atoms with Crippen molar-refractivity contribution >= 4 is 17.3 Å². The minimum Gasteiger partial charge on any atom is -0.355 e. The molecule has 2 aromatic heterocycles. The maximum absolute atomic E-state index is 4.31. The van der Waals surface area contributed by atoms with Crippen LogP contribution in [0.2, 0.25) is 0 Å². The molecule has 0 amide bonds. The molecule has 0 saturated heterocycles. The van der Waals surface area contributed by atoms with E-state index in [2.05, 4.69) is 33.7 Å². The lowest BCUT2D eigenvalue weighted by Crippen LogP contribution is -2.13. The highest BCUT2D eigenvalue weighted by molar-refractivity contribution is 7.09. The van der Waals surface area contributed by atoms with Gasteiger partial charge in [0.1, 0.15) is 0 Å². The summed E-state index contributed by atoms with van der Waals surface area (Å²) in [6.45, 7) is 6.08. The lowest BCUT2D eigenvalue weighted by molar-refractivity contribution is 0.739. The van der Waals surface area contributed by atoms with Gasteiger partial charge < -0.3 is 9.88 Å². The first-order valence-corrected chi connectivity index (χ1v) is 6.33. The van der Waals surface area contributed by atoms with Crippen molar-refractivity contribution < 1.29 is 0 Å². The van der Waals surface area contributed by atoms with Crippen molar-refractivity contribution in [3.05, 3.63) is 29.0 Å². The second-order valence-corrected chi connectivity index (χ2v) is 4.62. The van der Waals surface area contributed by atoms with Crippen LogP contribution in [0.15, 0.2) is 24.0 Å². The number of aryl methyl sites for hydroxylation is 1. The molecule has 0 bridgehead atoms. The molecule has 2 rings (SSSR count). The lowest BCUT2D eigenvalue weighted by atomic mass is 10.2. The van der Waals surface area contributed by atoms with Crippen LogP contribution < -0.4 is 5.32 Å². The molecule has 0 radical (unpaired) electrons. The Balaban J connectivity index is 1.92. The number of nitrogens with one attached hydrogen (secondary N) is 1. The molecule has 16 heavy (non-hydrogen) atoms. The van der Waals surface area contributed by atoms with Gasteiger partial charge in [0.2, 0.25) is 5.95 Å². The standard InChI is InChI=1S/C11H16N4S/c1-3-15-6-4-13-11(15)14-8-9(2)10-12-5-7-16-10/h4-7,9H,3,8H2,1-2H3,(H,13,14). The van der Waals surface area contributed by atoms with Crippen molar-refractivity contribution in [2.75, 3.05) is 11.9 Å². The van der Waals surface area contributed by atoms with Crippen LogP contribution in [0.3, 0.4) is 0 Å². The van der Waals surface area contributed by atoms with Gasteiger partial charge in [-0.3, -0.25) is 0 Å². The Hall–Kier alpha value is -1.36. The maximum atomic E-state index is 4.31. The number of imidazole rings is 1. The number of hydrogen-bond donors (Lipinski definition) is 1. The van der Waals surface area contributed by atoms with E-state index >= 15 is 0 Å². The van der Waals surface area contributed by atoms with E-state index in [4.69, 9.17) is 0 Å². The molecule has 1 atom stereocenters. The van der Waals surface area contributed by atoms with Crippen molar-refractivity contribution in [1.29, 1.82) is 0 Å². The lowest BCUT2D eigenvalue weighted by Gasteiger charge is -2.11. The first-order valence-electron chi connectivity index (χ1n) is 5.45. The fourth-order valence-corrected chi connectivity index (χ4v) is 2.24. The predicted octanol–water partition coefficient (Wildman–Crippen LogP) is 2.58. The smallest absolute Gasteiger partial charge is 0.202 e. The maximum Gasteiger partial charge on any atom is 0.202 e. The monoisotopic (exact) mass is 236 g/mol. The summed E-state index contributed by atoms with van der Waals surface area (Å²) in [5.74, 6) is 1.35. The average molecular weight is 236 g/mol. The summed E-state index contributed by atoms with van der Waals surface area (Å²) in [4.78, 5) is 8.59. The number of thiazole rings is 1. The highest BCUT2D eigenvalue weighted by Crippen LogP contribution is 2.17. The van der Waals surface area contributed by atoms with Gasteiger partial charge >= 0.3 is 0 Å². The largest absolute Gasteiger partial charge is 0.355 e. The Morgan fingerprint density at radius 2 is 2.31 bits per heavy atom. The van der Waals surface area contributed by atoms with Crippen LogP contribution in [0.5, 0.6) is 0 Å². The van der Waals surface area contributed by atoms with Gasteiger partial charge in [0.05, 0.1) is 5.01 Å². The molecule has 1 unspecified atom stereocenters. The van der Waals surface area contributed by atoms with Crippen molar-refractivity contribution in [3.63, 3.8) is 0 Å². The summed E-state index contributed by atoms with van der Waals surface area (Å²) in [6, 6.07) is 0. The molecule has 2 aromatic rings. The highest BCUT2D eigenvalue weighted by Gasteiger charge is 2.09. The van der Waals surface area contributed by atoms with Crippen molar-refractivity contribution in [2.45, 2.75) is 26.3 Å². The van der Waals surface area contributed by atoms with Crippen molar-refractivity contribution in [3.8, 4) is 0 Å². The molecule has 0 fully saturated rings. The van der Waals surface area contributed by atoms with Gasteiger partial charge in [-0.05, 0) is 6.92 Å². The zero-order valence-corrected chi connectivity index (χ0v) is 10.4. The summed E-state index contributed by atoms with van der Waals surface area (Å²) < 4.78 is 2.09. The molecule has 0 saturated carbocycles. The van der Waals surface area contributed by atoms with E-state index in [1.165, 1.54) is 5.01 Å². The second kappa shape index (κ2) is 5.12. The van der Waals surface area contributed by atoms with E-state index < -0.39 is 0 Å². The summed E-state index contributed by atoms with van der Waals surface area (Å²) in [5.41, 5.74) is 0. The normalized spacial score (nSPS) is 12.6. The minimum absolute atomic E-state index is 0.419. The average Bonchev–Trinajstić information content (AvgIpc) is 2.96. The topological polar surface area (TPSA) is 42.7 Å². The molecule has 0 aliphatic rings. The molecule has 4 nitrogen and oxygen atoms in total. The van der Waals surface area contributed by atoms with Crippen molar-refractivity contribution in [1.82, 2.24) is 14.5 Å². The Bertz CT molecular complexity index is 421. The van der Waals surface area contributed by atoms with Crippen LogP contribution in [0.1, 0.15) is 24.8 Å². The highest BCUT2D eigenvalue weighted by atomic mass is 32.1. The first-order chi connectivity index (χ1) is 7.81. The Morgan fingerprint density at radius 1 is 1.44 bits per heavy atom. The van der Waals surface area contributed by atoms with E-state index in [9.17, 15) is 0 Å². The Labute approximate surface area is 99.4 Å². The SMILES string of the molecule is CCn1ccnc1NCC(C)c1nccs1. The number of nitrogens with zero attached hydrogens (tertiary/aromatic N) is 3. The fourth-order valence-electron chi connectivity index (χ4n) is 1.54. The van der Waals surface area contributed by atoms with Gasteiger partial charge in [0.25, 0.3) is 0 Å². The van der Waals surface area contributed by atoms with Gasteiger partial charge in [-0.1, -0.05) is 6.92 Å². The van der Waals surface area contributed by atoms with E-state index in [-0.39, 0.29) is 0 Å². The first kappa shape index (κ1) is 11.1. The van der Waals surface area contributed by atoms with E-state index in [1.54, 1.807) is 11.3 Å². The van der Waals surface area contributed by atoms with Crippen LogP contribution in [0, 0.1) is 0 Å². The summed E-state index contributed by atoms with van der Waals surface area (Å²) >= 11 is 1.70. The van der Waals surface area contributed by atoms with Crippen LogP contribution in [0.25, 0.3) is 0 Å². The molecular formula is C11H16N4S. The molecule has 2 heterocycles. The second-order valence-electron chi connectivity index (χ2n) is 3.69. The molecule has 0 aliphatic heterocycles. The molecule has 86 valence electrons. The zero-order chi connectivity index (χ0) is 11.4. The summed E-state index contributed by atoms with van der Waals surface area (Å²) in [7, 11) is 0. The Kier molecular flexibility index (Phi) is 3.56. The molecule has 1 N–H and O–H groups in total. The van der Waals surface area contributed by atoms with Crippen LogP contribution in [-0.2, 0) is 6.54 Å². The zero-order valence-electron chi connectivity index (χ0n) is 9.55. The molecule has 5 heteroatoms. The van der Waals surface area contributed by atoms with Gasteiger partial charge in [0.15, 0.2) is 0 Å². The third kappa shape index (κ3) is 2.41. The van der Waals surface area contributed by atoms with Crippen LogP contribution in [0.4, 0.5) is 5.95 Å². The van der Waals surface area contributed by atoms with Crippen LogP contribution >= 0.6 is 11.3 Å². The van der Waals surface area contributed by atoms with Gasteiger partial charge in [-0.15, -0.1) is 11.3 Å². The summed E-state index contributed by atoms with van der Waals surface area (Å²) in [6.07, 6.45) is 5.65. The van der Waals surface area contributed by atoms with Gasteiger partial charge in [-0.2, -0.15) is 0 Å². The number of aromatic nitrogens is 3. The molecule has 0 aromatic carbocycles. The third-order valence-corrected chi connectivity index (χ3v) is 3.50. The summed E-state index contributed by atoms with van der Waals surface area (Å²) in [5, 5.41) is 6.53. The Morgan fingerprint density at radius 3 is 3.00 bits per heavy atom. The van der Waals surface area contributed by atoms with Gasteiger partial charge in [-0.25, -0.2) is 9.97 Å². The van der Waals surface area contributed by atoms with E-state index in [0.717, 1.165) is 19.0 Å². The van der Waals surface area contributed by atoms with E-state index in [1.807, 2.05) is 24.0 Å². The van der Waals surface area contributed by atoms with E-state index in [0.29, 0.717) is 5.92 Å². The molecule has 0 spiro atoms. The number of hydrogen-bond acceptors (Lipinski definition) is 4. The fraction of sp³-hybridized carbons (Fsp3) is 0.455. The quantitative estimate of drug-likeness (QED) is 0.867. The molecule has 0 aliphatic carbocycles. The predicted molar refractivity (Wildman–Crippen MR) is 66.9 cm³/mol. The molecular weight excluding hydrogens is 220 g/mol. The third-order valence-electron chi connectivity index (χ3n) is 2.50. The van der Waals surface area contributed by atoms with Crippen molar-refractivity contribution in [2.24, 2.45) is 0 Å².